The molecule has 0 saturated carbocycles. The normalized spacial score (nSPS) is 16.9. The summed E-state index contributed by atoms with van der Waals surface area (Å²) in [5, 5.41) is 3.27. The van der Waals surface area contributed by atoms with E-state index in [2.05, 4.69) is 5.32 Å². The Balaban J connectivity index is 1.98. The molecule has 2 rings (SSSR count). The Bertz CT molecular complexity index is 633. The van der Waals surface area contributed by atoms with Gasteiger partial charge in [-0.3, -0.25) is 9.59 Å². The van der Waals surface area contributed by atoms with E-state index in [0.29, 0.717) is 36.8 Å². The SMILES string of the molecule is CCCOc1ccc(C(=O)CCC(=O)N2CCNC[C@H]2C)cc1OCCC. The van der Waals surface area contributed by atoms with Gasteiger partial charge in [0.1, 0.15) is 0 Å². The molecule has 1 aliphatic rings. The second-order valence-electron chi connectivity index (χ2n) is 6.92. The first-order chi connectivity index (χ1) is 13.1. The summed E-state index contributed by atoms with van der Waals surface area (Å²) in [4.78, 5) is 26.9. The highest BCUT2D eigenvalue weighted by atomic mass is 16.5. The average molecular weight is 376 g/mol. The molecule has 0 spiro atoms. The second-order valence-corrected chi connectivity index (χ2v) is 6.92. The number of nitrogens with one attached hydrogen (secondary N) is 1. The maximum absolute atomic E-state index is 12.6. The summed E-state index contributed by atoms with van der Waals surface area (Å²) in [5.41, 5.74) is 0.561. The quantitative estimate of drug-likeness (QED) is 0.636. The van der Waals surface area contributed by atoms with Gasteiger partial charge in [-0.25, -0.2) is 0 Å². The standard InChI is InChI=1S/C21H32N2O4/c1-4-12-26-19-8-6-17(14-20(19)27-13-5-2)18(24)7-9-21(25)23-11-10-22-15-16(23)3/h6,8,14,16,22H,4-5,7,9-13,15H2,1-3H3/t16-/m1/s1. The summed E-state index contributed by atoms with van der Waals surface area (Å²) >= 11 is 0. The van der Waals surface area contributed by atoms with Crippen molar-refractivity contribution in [3.05, 3.63) is 23.8 Å². The largest absolute Gasteiger partial charge is 0.490 e. The minimum Gasteiger partial charge on any atom is -0.490 e. The van der Waals surface area contributed by atoms with Crippen molar-refractivity contribution in [3.8, 4) is 11.5 Å². The van der Waals surface area contributed by atoms with E-state index < -0.39 is 0 Å². The zero-order valence-electron chi connectivity index (χ0n) is 16.8. The Hall–Kier alpha value is -2.08. The fraction of sp³-hybridized carbons (Fsp3) is 0.619. The van der Waals surface area contributed by atoms with Gasteiger partial charge in [0.2, 0.25) is 5.91 Å². The summed E-state index contributed by atoms with van der Waals surface area (Å²) in [6, 6.07) is 5.45. The first-order valence-corrected chi connectivity index (χ1v) is 9.99. The Morgan fingerprint density at radius 3 is 2.48 bits per heavy atom. The molecule has 0 radical (unpaired) electrons. The fourth-order valence-corrected chi connectivity index (χ4v) is 3.06. The molecule has 1 aromatic rings. The third kappa shape index (κ3) is 6.24. The van der Waals surface area contributed by atoms with E-state index in [4.69, 9.17) is 9.47 Å². The molecule has 0 bridgehead atoms. The Kier molecular flexibility index (Phi) is 8.58. The molecule has 1 aliphatic heterocycles. The van der Waals surface area contributed by atoms with Crippen molar-refractivity contribution in [2.45, 2.75) is 52.5 Å². The smallest absolute Gasteiger partial charge is 0.223 e. The van der Waals surface area contributed by atoms with Crippen LogP contribution in [0.3, 0.4) is 0 Å². The molecule has 1 fully saturated rings. The Labute approximate surface area is 162 Å². The topological polar surface area (TPSA) is 67.9 Å². The van der Waals surface area contributed by atoms with Gasteiger partial charge in [0.05, 0.1) is 13.2 Å². The lowest BCUT2D eigenvalue weighted by Gasteiger charge is -2.34. The number of nitrogens with zero attached hydrogens (tertiary/aromatic N) is 1. The molecule has 0 aromatic heterocycles. The lowest BCUT2D eigenvalue weighted by atomic mass is 10.0. The van der Waals surface area contributed by atoms with Gasteiger partial charge in [0.15, 0.2) is 17.3 Å². The zero-order valence-corrected chi connectivity index (χ0v) is 16.8. The molecule has 1 saturated heterocycles. The van der Waals surface area contributed by atoms with Crippen LogP contribution in [0.25, 0.3) is 0 Å². The summed E-state index contributed by atoms with van der Waals surface area (Å²) in [7, 11) is 0. The molecule has 6 nitrogen and oxygen atoms in total. The molecule has 1 N–H and O–H groups in total. The van der Waals surface area contributed by atoms with Crippen molar-refractivity contribution < 1.29 is 19.1 Å². The van der Waals surface area contributed by atoms with Crippen molar-refractivity contribution >= 4 is 11.7 Å². The van der Waals surface area contributed by atoms with E-state index in [1.807, 2.05) is 25.7 Å². The number of hydrogen-bond acceptors (Lipinski definition) is 5. The summed E-state index contributed by atoms with van der Waals surface area (Å²) < 4.78 is 11.5. The van der Waals surface area contributed by atoms with E-state index in [1.165, 1.54) is 0 Å². The third-order valence-corrected chi connectivity index (χ3v) is 4.58. The molecule has 27 heavy (non-hydrogen) atoms. The van der Waals surface area contributed by atoms with Crippen molar-refractivity contribution in [2.24, 2.45) is 0 Å². The third-order valence-electron chi connectivity index (χ3n) is 4.58. The van der Waals surface area contributed by atoms with Gasteiger partial charge < -0.3 is 19.7 Å². The number of amides is 1. The van der Waals surface area contributed by atoms with Crippen LogP contribution < -0.4 is 14.8 Å². The molecule has 0 aliphatic carbocycles. The van der Waals surface area contributed by atoms with Crippen LogP contribution in [-0.4, -0.2) is 55.5 Å². The monoisotopic (exact) mass is 376 g/mol. The number of Topliss-reactive ketones (excluding diaryl/α,β-unsaturated/α-hetero) is 1. The fourth-order valence-electron chi connectivity index (χ4n) is 3.06. The first-order valence-electron chi connectivity index (χ1n) is 9.99. The minimum absolute atomic E-state index is 0.0442. The number of benzene rings is 1. The summed E-state index contributed by atoms with van der Waals surface area (Å²) in [6.45, 7) is 9.58. The number of ketones is 1. The molecule has 1 atom stereocenters. The molecule has 1 heterocycles. The highest BCUT2D eigenvalue weighted by molar-refractivity contribution is 5.98. The van der Waals surface area contributed by atoms with E-state index in [0.717, 1.165) is 25.9 Å². The number of rotatable bonds is 10. The van der Waals surface area contributed by atoms with Gasteiger partial charge in [0, 0.05) is 44.1 Å². The van der Waals surface area contributed by atoms with Crippen molar-refractivity contribution in [3.63, 3.8) is 0 Å². The molecule has 1 aromatic carbocycles. The lowest BCUT2D eigenvalue weighted by molar-refractivity contribution is -0.133. The predicted octanol–water partition coefficient (Wildman–Crippen LogP) is 3.05. The van der Waals surface area contributed by atoms with Crippen LogP contribution in [-0.2, 0) is 4.79 Å². The minimum atomic E-state index is -0.0467. The number of carbonyl (C=O) groups is 2. The Morgan fingerprint density at radius 1 is 1.11 bits per heavy atom. The van der Waals surface area contributed by atoms with Gasteiger partial charge >= 0.3 is 0 Å². The van der Waals surface area contributed by atoms with E-state index >= 15 is 0 Å². The molecular weight excluding hydrogens is 344 g/mol. The van der Waals surface area contributed by atoms with Crippen LogP contribution >= 0.6 is 0 Å². The van der Waals surface area contributed by atoms with E-state index in [-0.39, 0.29) is 30.6 Å². The second kappa shape index (κ2) is 10.9. The zero-order chi connectivity index (χ0) is 19.6. The van der Waals surface area contributed by atoms with Crippen molar-refractivity contribution in [1.82, 2.24) is 10.2 Å². The van der Waals surface area contributed by atoms with Crippen LogP contribution in [0.2, 0.25) is 0 Å². The lowest BCUT2D eigenvalue weighted by Crippen LogP contribution is -2.52. The van der Waals surface area contributed by atoms with E-state index in [1.54, 1.807) is 18.2 Å². The van der Waals surface area contributed by atoms with Crippen LogP contribution in [0.1, 0.15) is 56.8 Å². The van der Waals surface area contributed by atoms with Gasteiger partial charge in [-0.1, -0.05) is 13.8 Å². The highest BCUT2D eigenvalue weighted by Crippen LogP contribution is 2.29. The Morgan fingerprint density at radius 2 is 1.81 bits per heavy atom. The van der Waals surface area contributed by atoms with Crippen molar-refractivity contribution in [1.29, 1.82) is 0 Å². The molecule has 6 heteroatoms. The molecule has 0 unspecified atom stereocenters. The number of ether oxygens (including phenoxy) is 2. The van der Waals surface area contributed by atoms with Crippen LogP contribution in [0, 0.1) is 0 Å². The van der Waals surface area contributed by atoms with Crippen LogP contribution in [0.4, 0.5) is 0 Å². The predicted molar refractivity (Wildman–Crippen MR) is 106 cm³/mol. The number of piperazine rings is 1. The molecule has 150 valence electrons. The van der Waals surface area contributed by atoms with Crippen LogP contribution in [0.5, 0.6) is 11.5 Å². The van der Waals surface area contributed by atoms with Gasteiger partial charge in [-0.2, -0.15) is 0 Å². The van der Waals surface area contributed by atoms with E-state index in [9.17, 15) is 9.59 Å². The summed E-state index contributed by atoms with van der Waals surface area (Å²) in [5.74, 6) is 1.25. The van der Waals surface area contributed by atoms with Gasteiger partial charge in [-0.05, 0) is 38.0 Å². The number of carbonyl (C=O) groups excluding carboxylic acids is 2. The summed E-state index contributed by atoms with van der Waals surface area (Å²) in [6.07, 6.45) is 2.23. The molecule has 1 amide bonds. The van der Waals surface area contributed by atoms with Gasteiger partial charge in [-0.15, -0.1) is 0 Å². The molecular formula is C21H32N2O4. The first kappa shape index (κ1) is 21.2. The highest BCUT2D eigenvalue weighted by Gasteiger charge is 2.23. The maximum Gasteiger partial charge on any atom is 0.223 e. The van der Waals surface area contributed by atoms with Crippen molar-refractivity contribution in [2.75, 3.05) is 32.8 Å². The van der Waals surface area contributed by atoms with Gasteiger partial charge in [0.25, 0.3) is 0 Å². The maximum atomic E-state index is 12.6. The average Bonchev–Trinajstić information content (AvgIpc) is 2.69. The van der Waals surface area contributed by atoms with Crippen LogP contribution in [0.15, 0.2) is 18.2 Å². The number of hydrogen-bond donors (Lipinski definition) is 1.